The lowest BCUT2D eigenvalue weighted by Crippen LogP contribution is -2.30. The van der Waals surface area contributed by atoms with Gasteiger partial charge in [0.25, 0.3) is 0 Å². The van der Waals surface area contributed by atoms with E-state index < -0.39 is 0 Å². The molecule has 0 fully saturated rings. The first-order chi connectivity index (χ1) is 8.65. The molecule has 0 aliphatic heterocycles. The Balaban J connectivity index is 1.89. The first-order valence-corrected chi connectivity index (χ1v) is 7.18. The molecule has 0 aromatic carbocycles. The summed E-state index contributed by atoms with van der Waals surface area (Å²) in [4.78, 5) is 6.89. The average molecular weight is 260 g/mol. The van der Waals surface area contributed by atoms with E-state index in [0.717, 1.165) is 6.42 Å². The van der Waals surface area contributed by atoms with E-state index in [4.69, 9.17) is 0 Å². The number of nitrogens with zero attached hydrogens (tertiary/aromatic N) is 1. The summed E-state index contributed by atoms with van der Waals surface area (Å²) >= 11 is 1.89. The molecule has 3 heteroatoms. The number of hydrogen-bond donors (Lipinski definition) is 1. The highest BCUT2D eigenvalue weighted by Gasteiger charge is 2.10. The lowest BCUT2D eigenvalue weighted by atomic mass is 10.1. The predicted molar refractivity (Wildman–Crippen MR) is 78.0 cm³/mol. The van der Waals surface area contributed by atoms with Crippen molar-refractivity contribution in [2.24, 2.45) is 0 Å². The molecule has 2 aromatic rings. The zero-order valence-corrected chi connectivity index (χ0v) is 12.0. The molecular formula is C15H20N2S. The van der Waals surface area contributed by atoms with Crippen LogP contribution in [-0.4, -0.2) is 11.0 Å². The fourth-order valence-electron chi connectivity index (χ4n) is 2.13. The van der Waals surface area contributed by atoms with Crippen LogP contribution < -0.4 is 5.32 Å². The van der Waals surface area contributed by atoms with Gasteiger partial charge >= 0.3 is 0 Å². The Morgan fingerprint density at radius 2 is 1.89 bits per heavy atom. The van der Waals surface area contributed by atoms with Gasteiger partial charge in [0.05, 0.1) is 0 Å². The van der Waals surface area contributed by atoms with Gasteiger partial charge in [0, 0.05) is 34.2 Å². The molecule has 18 heavy (non-hydrogen) atoms. The van der Waals surface area contributed by atoms with Crippen molar-refractivity contribution in [2.45, 2.75) is 39.3 Å². The van der Waals surface area contributed by atoms with Gasteiger partial charge in [-0.05, 0) is 57.0 Å². The maximum Gasteiger partial charge on any atom is 0.0295 e. The molecule has 0 bridgehead atoms. The summed E-state index contributed by atoms with van der Waals surface area (Å²) in [5.74, 6) is 0. The number of rotatable bonds is 5. The van der Waals surface area contributed by atoms with Crippen LogP contribution in [0.25, 0.3) is 0 Å². The Morgan fingerprint density at radius 1 is 1.17 bits per heavy atom. The summed E-state index contributed by atoms with van der Waals surface area (Å²) in [6.45, 7) is 6.60. The first kappa shape index (κ1) is 13.2. The molecule has 2 nitrogen and oxygen atoms in total. The minimum Gasteiger partial charge on any atom is -0.307 e. The zero-order chi connectivity index (χ0) is 13.0. The van der Waals surface area contributed by atoms with Crippen LogP contribution in [0.2, 0.25) is 0 Å². The summed E-state index contributed by atoms with van der Waals surface area (Å²) in [5.41, 5.74) is 1.29. The summed E-state index contributed by atoms with van der Waals surface area (Å²) in [6.07, 6.45) is 4.79. The van der Waals surface area contributed by atoms with Gasteiger partial charge < -0.3 is 5.32 Å². The molecule has 0 aliphatic rings. The van der Waals surface area contributed by atoms with Crippen molar-refractivity contribution in [2.75, 3.05) is 0 Å². The Morgan fingerprint density at radius 3 is 2.50 bits per heavy atom. The van der Waals surface area contributed by atoms with Gasteiger partial charge in [-0.2, -0.15) is 0 Å². The summed E-state index contributed by atoms with van der Waals surface area (Å²) in [7, 11) is 0. The molecule has 2 aromatic heterocycles. The minimum absolute atomic E-state index is 0.365. The Hall–Kier alpha value is -1.19. The van der Waals surface area contributed by atoms with Gasteiger partial charge in [-0.15, -0.1) is 11.3 Å². The van der Waals surface area contributed by atoms with E-state index in [1.54, 1.807) is 0 Å². The SMILES string of the molecule is Cc1ccc(CC(C)NC(C)c2ccncc2)s1. The molecule has 0 amide bonds. The lowest BCUT2D eigenvalue weighted by molar-refractivity contribution is 0.479. The third kappa shape index (κ3) is 3.65. The number of aromatic nitrogens is 1. The van der Waals surface area contributed by atoms with Crippen LogP contribution in [0.5, 0.6) is 0 Å². The van der Waals surface area contributed by atoms with Crippen LogP contribution in [0.1, 0.15) is 35.2 Å². The van der Waals surface area contributed by atoms with Crippen LogP contribution in [0.4, 0.5) is 0 Å². The topological polar surface area (TPSA) is 24.9 Å². The smallest absolute Gasteiger partial charge is 0.0295 e. The van der Waals surface area contributed by atoms with Gasteiger partial charge in [0.2, 0.25) is 0 Å². The molecule has 0 saturated carbocycles. The molecule has 0 saturated heterocycles. The second kappa shape index (κ2) is 6.12. The van der Waals surface area contributed by atoms with Crippen molar-refractivity contribution in [3.8, 4) is 0 Å². The first-order valence-electron chi connectivity index (χ1n) is 6.36. The van der Waals surface area contributed by atoms with Crippen LogP contribution in [0, 0.1) is 6.92 Å². The molecule has 1 N–H and O–H groups in total. The normalized spacial score (nSPS) is 14.4. The fraction of sp³-hybridized carbons (Fsp3) is 0.400. The number of nitrogens with one attached hydrogen (secondary N) is 1. The van der Waals surface area contributed by atoms with E-state index in [9.17, 15) is 0 Å². The zero-order valence-electron chi connectivity index (χ0n) is 11.2. The summed E-state index contributed by atoms with van der Waals surface area (Å²) < 4.78 is 0. The van der Waals surface area contributed by atoms with Gasteiger partial charge in [-0.25, -0.2) is 0 Å². The Bertz CT molecular complexity index is 478. The third-order valence-corrected chi connectivity index (χ3v) is 4.07. The fourth-order valence-corrected chi connectivity index (χ4v) is 3.15. The second-order valence-electron chi connectivity index (χ2n) is 4.79. The van der Waals surface area contributed by atoms with Crippen LogP contribution >= 0.6 is 11.3 Å². The van der Waals surface area contributed by atoms with Gasteiger partial charge in [-0.1, -0.05) is 0 Å². The quantitative estimate of drug-likeness (QED) is 0.886. The molecule has 2 unspecified atom stereocenters. The van der Waals surface area contributed by atoms with E-state index in [2.05, 4.69) is 55.3 Å². The number of hydrogen-bond acceptors (Lipinski definition) is 3. The monoisotopic (exact) mass is 260 g/mol. The Kier molecular flexibility index (Phi) is 4.50. The highest BCUT2D eigenvalue weighted by atomic mass is 32.1. The number of aryl methyl sites for hydroxylation is 1. The van der Waals surface area contributed by atoms with Crippen molar-refractivity contribution < 1.29 is 0 Å². The van der Waals surface area contributed by atoms with Crippen molar-refractivity contribution in [1.29, 1.82) is 0 Å². The van der Waals surface area contributed by atoms with Crippen molar-refractivity contribution in [3.63, 3.8) is 0 Å². The van der Waals surface area contributed by atoms with Crippen molar-refractivity contribution in [3.05, 3.63) is 52.0 Å². The highest BCUT2D eigenvalue weighted by Crippen LogP contribution is 2.18. The molecular weight excluding hydrogens is 240 g/mol. The standard InChI is InChI=1S/C15H20N2S/c1-11(10-15-5-4-12(2)18-15)17-13(3)14-6-8-16-9-7-14/h4-9,11,13,17H,10H2,1-3H3. The largest absolute Gasteiger partial charge is 0.307 e. The number of pyridine rings is 1. The lowest BCUT2D eigenvalue weighted by Gasteiger charge is -2.19. The molecule has 96 valence electrons. The molecule has 2 atom stereocenters. The highest BCUT2D eigenvalue weighted by molar-refractivity contribution is 7.11. The van der Waals surface area contributed by atoms with Crippen molar-refractivity contribution >= 4 is 11.3 Å². The predicted octanol–water partition coefficient (Wildman–Crippen LogP) is 3.73. The van der Waals surface area contributed by atoms with Crippen LogP contribution in [0.15, 0.2) is 36.7 Å². The molecule has 0 spiro atoms. The summed E-state index contributed by atoms with van der Waals surface area (Å²) in [5, 5.41) is 3.63. The van der Waals surface area contributed by atoms with E-state index >= 15 is 0 Å². The Labute approximate surface area is 113 Å². The van der Waals surface area contributed by atoms with Gasteiger partial charge in [0.15, 0.2) is 0 Å². The van der Waals surface area contributed by atoms with Crippen LogP contribution in [-0.2, 0) is 6.42 Å². The minimum atomic E-state index is 0.365. The molecule has 2 heterocycles. The summed E-state index contributed by atoms with van der Waals surface area (Å²) in [6, 6.07) is 9.41. The van der Waals surface area contributed by atoms with Gasteiger partial charge in [-0.3, -0.25) is 4.98 Å². The number of thiophene rings is 1. The molecule has 0 aliphatic carbocycles. The van der Waals surface area contributed by atoms with Crippen LogP contribution in [0.3, 0.4) is 0 Å². The maximum absolute atomic E-state index is 4.05. The third-order valence-electron chi connectivity index (χ3n) is 3.04. The second-order valence-corrected chi connectivity index (χ2v) is 6.16. The van der Waals surface area contributed by atoms with Crippen molar-refractivity contribution in [1.82, 2.24) is 10.3 Å². The molecule has 0 radical (unpaired) electrons. The van der Waals surface area contributed by atoms with E-state index in [1.165, 1.54) is 15.3 Å². The maximum atomic E-state index is 4.05. The van der Waals surface area contributed by atoms with E-state index in [1.807, 2.05) is 23.7 Å². The average Bonchev–Trinajstić information content (AvgIpc) is 2.75. The van der Waals surface area contributed by atoms with E-state index in [-0.39, 0.29) is 0 Å². The van der Waals surface area contributed by atoms with Gasteiger partial charge in [0.1, 0.15) is 0 Å². The van der Waals surface area contributed by atoms with E-state index in [0.29, 0.717) is 12.1 Å². The molecule has 2 rings (SSSR count).